The average molecular weight is 370 g/mol. The number of halogens is 2. The minimum absolute atomic E-state index is 0.210. The Kier molecular flexibility index (Phi) is 4.70. The van der Waals surface area contributed by atoms with Crippen LogP contribution in [0.1, 0.15) is 18.4 Å². The van der Waals surface area contributed by atoms with Crippen LogP contribution >= 0.6 is 0 Å². The Hall–Kier alpha value is -3.03. The van der Waals surface area contributed by atoms with Crippen molar-refractivity contribution in [2.75, 3.05) is 23.7 Å². The number of rotatable bonds is 4. The summed E-state index contributed by atoms with van der Waals surface area (Å²) in [5.74, 6) is 0.457. The summed E-state index contributed by atoms with van der Waals surface area (Å²) in [7, 11) is 0. The zero-order valence-corrected chi connectivity index (χ0v) is 14.7. The van der Waals surface area contributed by atoms with Gasteiger partial charge in [0.25, 0.3) is 0 Å². The van der Waals surface area contributed by atoms with Crippen LogP contribution in [0.2, 0.25) is 0 Å². The quantitative estimate of drug-likeness (QED) is 0.764. The Balaban J connectivity index is 1.42. The summed E-state index contributed by atoms with van der Waals surface area (Å²) < 4.78 is 28.1. The van der Waals surface area contributed by atoms with Crippen molar-refractivity contribution in [1.29, 1.82) is 0 Å². The lowest BCUT2D eigenvalue weighted by Crippen LogP contribution is -2.35. The predicted molar refractivity (Wildman–Crippen MR) is 98.6 cm³/mol. The van der Waals surface area contributed by atoms with E-state index >= 15 is 0 Å². The van der Waals surface area contributed by atoms with Gasteiger partial charge in [0.1, 0.15) is 5.82 Å². The molecule has 0 unspecified atom stereocenters. The maximum Gasteiger partial charge on any atom is 0.224 e. The largest absolute Gasteiger partial charge is 0.368 e. The average Bonchev–Trinajstić information content (AvgIpc) is 3.20. The van der Waals surface area contributed by atoms with E-state index in [2.05, 4.69) is 20.0 Å². The fourth-order valence-corrected chi connectivity index (χ4v) is 3.49. The van der Waals surface area contributed by atoms with Gasteiger partial charge in [-0.2, -0.15) is 15.1 Å². The van der Waals surface area contributed by atoms with E-state index in [4.69, 9.17) is 5.73 Å². The van der Waals surface area contributed by atoms with Crippen molar-refractivity contribution in [2.45, 2.75) is 19.3 Å². The zero-order chi connectivity index (χ0) is 18.8. The molecule has 1 saturated heterocycles. The molecule has 0 aliphatic carbocycles. The van der Waals surface area contributed by atoms with Crippen LogP contribution in [0.3, 0.4) is 0 Å². The highest BCUT2D eigenvalue weighted by Crippen LogP contribution is 2.26. The lowest BCUT2D eigenvalue weighted by atomic mass is 9.90. The number of nitrogens with zero attached hydrogens (tertiary/aromatic N) is 5. The van der Waals surface area contributed by atoms with Gasteiger partial charge >= 0.3 is 0 Å². The molecule has 2 N–H and O–H groups in total. The summed E-state index contributed by atoms with van der Waals surface area (Å²) in [6.07, 6.45) is 6.12. The molecule has 1 aromatic carbocycles. The summed E-state index contributed by atoms with van der Waals surface area (Å²) in [5, 5.41) is 4.18. The van der Waals surface area contributed by atoms with E-state index in [9.17, 15) is 8.78 Å². The van der Waals surface area contributed by atoms with Gasteiger partial charge in [-0.1, -0.05) is 6.07 Å². The molecule has 1 aliphatic heterocycles. The second kappa shape index (κ2) is 7.30. The minimum atomic E-state index is -0.803. The van der Waals surface area contributed by atoms with Crippen LogP contribution < -0.4 is 10.6 Å². The number of aromatic nitrogens is 4. The predicted octanol–water partition coefficient (Wildman–Crippen LogP) is 2.98. The van der Waals surface area contributed by atoms with Crippen molar-refractivity contribution < 1.29 is 8.78 Å². The van der Waals surface area contributed by atoms with Gasteiger partial charge in [-0.25, -0.2) is 13.5 Å². The van der Waals surface area contributed by atoms with Gasteiger partial charge < -0.3 is 10.6 Å². The SMILES string of the molecule is Nc1nc(N2CCC(Cc3ccc(F)c(F)c3)CC2)cc(-n2cccn2)n1. The molecule has 0 radical (unpaired) electrons. The first-order chi connectivity index (χ1) is 13.1. The Morgan fingerprint density at radius 1 is 1.04 bits per heavy atom. The lowest BCUT2D eigenvalue weighted by molar-refractivity contribution is 0.401. The molecule has 0 saturated carbocycles. The van der Waals surface area contributed by atoms with Crippen molar-refractivity contribution in [3.05, 3.63) is 59.9 Å². The Morgan fingerprint density at radius 2 is 1.81 bits per heavy atom. The summed E-state index contributed by atoms with van der Waals surface area (Å²) in [5.41, 5.74) is 6.70. The number of hydrogen-bond acceptors (Lipinski definition) is 5. The lowest BCUT2D eigenvalue weighted by Gasteiger charge is -2.33. The van der Waals surface area contributed by atoms with Gasteiger partial charge in [0.05, 0.1) is 0 Å². The third-order valence-electron chi connectivity index (χ3n) is 4.90. The molecular weight excluding hydrogens is 350 g/mol. The van der Waals surface area contributed by atoms with E-state index in [0.717, 1.165) is 43.7 Å². The number of anilines is 2. The van der Waals surface area contributed by atoms with E-state index in [-0.39, 0.29) is 5.95 Å². The molecule has 3 aromatic rings. The van der Waals surface area contributed by atoms with Gasteiger partial charge in [0, 0.05) is 31.5 Å². The molecule has 1 fully saturated rings. The standard InChI is InChI=1S/C19H20F2N6/c20-15-3-2-14(11-16(15)21)10-13-4-8-26(9-5-13)17-12-18(25-19(22)24-17)27-7-1-6-23-27/h1-3,6-7,11-13H,4-5,8-10H2,(H2,22,24,25). The summed E-state index contributed by atoms with van der Waals surface area (Å²) in [4.78, 5) is 10.8. The second-order valence-corrected chi connectivity index (χ2v) is 6.78. The third kappa shape index (κ3) is 3.89. The van der Waals surface area contributed by atoms with Gasteiger partial charge in [-0.15, -0.1) is 0 Å². The molecule has 140 valence electrons. The Labute approximate surface area is 155 Å². The van der Waals surface area contributed by atoms with E-state index in [1.54, 1.807) is 23.1 Å². The van der Waals surface area contributed by atoms with Gasteiger partial charge in [0.2, 0.25) is 5.95 Å². The summed E-state index contributed by atoms with van der Waals surface area (Å²) >= 11 is 0. The first-order valence-electron chi connectivity index (χ1n) is 8.92. The van der Waals surface area contributed by atoms with E-state index in [1.807, 2.05) is 12.1 Å². The molecule has 0 spiro atoms. The molecule has 2 aromatic heterocycles. The van der Waals surface area contributed by atoms with Gasteiger partial charge in [0.15, 0.2) is 17.5 Å². The molecule has 0 atom stereocenters. The van der Waals surface area contributed by atoms with E-state index in [0.29, 0.717) is 11.7 Å². The second-order valence-electron chi connectivity index (χ2n) is 6.78. The number of nitrogen functional groups attached to an aromatic ring is 1. The third-order valence-corrected chi connectivity index (χ3v) is 4.90. The molecule has 3 heterocycles. The number of benzene rings is 1. The topological polar surface area (TPSA) is 72.9 Å². The smallest absolute Gasteiger partial charge is 0.224 e. The number of piperidine rings is 1. The maximum absolute atomic E-state index is 13.4. The molecular formula is C19H20F2N6. The first-order valence-corrected chi connectivity index (χ1v) is 8.92. The molecule has 0 amide bonds. The minimum Gasteiger partial charge on any atom is -0.368 e. The molecule has 27 heavy (non-hydrogen) atoms. The van der Waals surface area contributed by atoms with Gasteiger partial charge in [-0.05, 0) is 48.9 Å². The van der Waals surface area contributed by atoms with Crippen LogP contribution in [0, 0.1) is 17.6 Å². The molecule has 1 aliphatic rings. The highest BCUT2D eigenvalue weighted by molar-refractivity contribution is 5.48. The fourth-order valence-electron chi connectivity index (χ4n) is 3.49. The molecule has 0 bridgehead atoms. The van der Waals surface area contributed by atoms with Crippen molar-refractivity contribution in [3.63, 3.8) is 0 Å². The van der Waals surface area contributed by atoms with Crippen LogP contribution in [-0.2, 0) is 6.42 Å². The monoisotopic (exact) mass is 370 g/mol. The van der Waals surface area contributed by atoms with Gasteiger partial charge in [-0.3, -0.25) is 0 Å². The summed E-state index contributed by atoms with van der Waals surface area (Å²) in [6.45, 7) is 1.65. The van der Waals surface area contributed by atoms with E-state index in [1.165, 1.54) is 12.1 Å². The van der Waals surface area contributed by atoms with Crippen LogP contribution in [0.15, 0.2) is 42.7 Å². The zero-order valence-electron chi connectivity index (χ0n) is 14.7. The number of hydrogen-bond donors (Lipinski definition) is 1. The maximum atomic E-state index is 13.4. The molecule has 6 nitrogen and oxygen atoms in total. The van der Waals surface area contributed by atoms with Crippen LogP contribution in [-0.4, -0.2) is 32.8 Å². The summed E-state index contributed by atoms with van der Waals surface area (Å²) in [6, 6.07) is 7.84. The van der Waals surface area contributed by atoms with Crippen LogP contribution in [0.25, 0.3) is 5.82 Å². The van der Waals surface area contributed by atoms with E-state index < -0.39 is 11.6 Å². The van der Waals surface area contributed by atoms with Crippen molar-refractivity contribution in [1.82, 2.24) is 19.7 Å². The van der Waals surface area contributed by atoms with Crippen LogP contribution in [0.5, 0.6) is 0 Å². The molecule has 8 heteroatoms. The first kappa shape index (κ1) is 17.4. The van der Waals surface area contributed by atoms with Crippen molar-refractivity contribution in [3.8, 4) is 5.82 Å². The van der Waals surface area contributed by atoms with Crippen molar-refractivity contribution in [2.24, 2.45) is 5.92 Å². The van der Waals surface area contributed by atoms with Crippen molar-refractivity contribution >= 4 is 11.8 Å². The Morgan fingerprint density at radius 3 is 2.52 bits per heavy atom. The fraction of sp³-hybridized carbons (Fsp3) is 0.316. The van der Waals surface area contributed by atoms with Crippen LogP contribution in [0.4, 0.5) is 20.5 Å². The Bertz CT molecular complexity index is 920. The highest BCUT2D eigenvalue weighted by Gasteiger charge is 2.22. The highest BCUT2D eigenvalue weighted by atomic mass is 19.2. The molecule has 4 rings (SSSR count). The number of nitrogens with two attached hydrogens (primary N) is 1. The normalized spacial score (nSPS) is 15.3.